The zero-order valence-electron chi connectivity index (χ0n) is 14.4. The molecule has 2 aliphatic carbocycles. The summed E-state index contributed by atoms with van der Waals surface area (Å²) in [5, 5.41) is 2.95. The molecule has 3 aliphatic rings. The molecule has 4 rings (SSSR count). The molecule has 24 heavy (non-hydrogen) atoms. The predicted molar refractivity (Wildman–Crippen MR) is 95.2 cm³/mol. The minimum absolute atomic E-state index is 0.152. The summed E-state index contributed by atoms with van der Waals surface area (Å²) in [5.41, 5.74) is 0.864. The zero-order valence-corrected chi connectivity index (χ0v) is 14.4. The molecule has 130 valence electrons. The van der Waals surface area contributed by atoms with Crippen LogP contribution in [0.25, 0.3) is 0 Å². The Kier molecular flexibility index (Phi) is 4.74. The lowest BCUT2D eigenvalue weighted by Gasteiger charge is -2.16. The van der Waals surface area contributed by atoms with E-state index < -0.39 is 0 Å². The molecule has 1 amide bonds. The molecular formula is C20H28N2O2. The Bertz CT molecular complexity index is 556. The average Bonchev–Trinajstić information content (AvgIpc) is 3.23. The second-order valence-corrected chi connectivity index (χ2v) is 7.70. The number of amides is 1. The molecule has 1 aromatic rings. The van der Waals surface area contributed by atoms with Crippen LogP contribution in [0.1, 0.15) is 38.5 Å². The molecule has 3 fully saturated rings. The maximum absolute atomic E-state index is 11.7. The summed E-state index contributed by atoms with van der Waals surface area (Å²) in [6.45, 7) is 4.53. The molecule has 4 heteroatoms. The fraction of sp³-hybridized carbons (Fsp3) is 0.650. The van der Waals surface area contributed by atoms with Gasteiger partial charge >= 0.3 is 0 Å². The van der Waals surface area contributed by atoms with E-state index in [1.54, 1.807) is 0 Å². The van der Waals surface area contributed by atoms with E-state index in [0.717, 1.165) is 55.7 Å². The van der Waals surface area contributed by atoms with E-state index in [2.05, 4.69) is 10.2 Å². The first-order valence-electron chi connectivity index (χ1n) is 9.54. The van der Waals surface area contributed by atoms with Gasteiger partial charge in [0.1, 0.15) is 5.75 Å². The third-order valence-electron chi connectivity index (χ3n) is 5.76. The number of anilines is 1. The van der Waals surface area contributed by atoms with Gasteiger partial charge < -0.3 is 15.0 Å². The van der Waals surface area contributed by atoms with Gasteiger partial charge in [0.2, 0.25) is 5.91 Å². The highest BCUT2D eigenvalue weighted by Gasteiger charge is 2.35. The van der Waals surface area contributed by atoms with Crippen molar-refractivity contribution in [1.82, 2.24) is 4.90 Å². The summed E-state index contributed by atoms with van der Waals surface area (Å²) in [5.74, 6) is 3.23. The fourth-order valence-electron chi connectivity index (χ4n) is 4.22. The van der Waals surface area contributed by atoms with Crippen LogP contribution in [0.15, 0.2) is 24.3 Å². The summed E-state index contributed by atoms with van der Waals surface area (Å²) >= 11 is 0. The van der Waals surface area contributed by atoms with Crippen molar-refractivity contribution in [2.45, 2.75) is 38.5 Å². The van der Waals surface area contributed by atoms with E-state index in [0.29, 0.717) is 0 Å². The number of carbonyl (C=O) groups excluding carboxylic acids is 1. The highest BCUT2D eigenvalue weighted by molar-refractivity contribution is 5.94. The molecule has 1 aliphatic heterocycles. The van der Waals surface area contributed by atoms with Gasteiger partial charge in [-0.1, -0.05) is 6.42 Å². The van der Waals surface area contributed by atoms with Crippen molar-refractivity contribution in [3.05, 3.63) is 24.3 Å². The number of fused-ring (bicyclic) bond motifs is 1. The molecule has 0 radical (unpaired) electrons. The summed E-state index contributed by atoms with van der Waals surface area (Å²) in [6, 6.07) is 7.75. The molecule has 1 heterocycles. The predicted octanol–water partition coefficient (Wildman–Crippen LogP) is 3.54. The van der Waals surface area contributed by atoms with Crippen molar-refractivity contribution in [3.8, 4) is 5.75 Å². The number of rotatable bonds is 7. The van der Waals surface area contributed by atoms with Crippen LogP contribution in [-0.4, -0.2) is 37.0 Å². The summed E-state index contributed by atoms with van der Waals surface area (Å²) < 4.78 is 5.84. The molecule has 2 unspecified atom stereocenters. The van der Waals surface area contributed by atoms with Gasteiger partial charge in [-0.05, 0) is 68.2 Å². The second-order valence-electron chi connectivity index (χ2n) is 7.70. The Balaban J connectivity index is 1.14. The summed E-state index contributed by atoms with van der Waals surface area (Å²) in [7, 11) is 0. The SMILES string of the molecule is O=C(Nc1ccc(OCCCN2CC3CCCC3C2)cc1)C1CC1. The lowest BCUT2D eigenvalue weighted by molar-refractivity contribution is -0.117. The largest absolute Gasteiger partial charge is 0.494 e. The second kappa shape index (κ2) is 7.14. The average molecular weight is 328 g/mol. The van der Waals surface area contributed by atoms with Crippen molar-refractivity contribution in [3.63, 3.8) is 0 Å². The Morgan fingerprint density at radius 2 is 1.79 bits per heavy atom. The van der Waals surface area contributed by atoms with Gasteiger partial charge in [0.05, 0.1) is 6.61 Å². The van der Waals surface area contributed by atoms with Gasteiger partial charge in [0.15, 0.2) is 0 Å². The van der Waals surface area contributed by atoms with Crippen molar-refractivity contribution in [1.29, 1.82) is 0 Å². The van der Waals surface area contributed by atoms with E-state index >= 15 is 0 Å². The van der Waals surface area contributed by atoms with Crippen LogP contribution in [0.3, 0.4) is 0 Å². The normalized spacial score (nSPS) is 26.3. The minimum Gasteiger partial charge on any atom is -0.494 e. The molecule has 1 N–H and O–H groups in total. The van der Waals surface area contributed by atoms with Crippen LogP contribution >= 0.6 is 0 Å². The standard InChI is InChI=1S/C20H28N2O2/c23-20(15-5-6-15)21-18-7-9-19(10-8-18)24-12-2-11-22-13-16-3-1-4-17(16)14-22/h7-10,15-17H,1-6,11-14H2,(H,21,23). The molecule has 0 bridgehead atoms. The molecule has 1 aromatic carbocycles. The fourth-order valence-corrected chi connectivity index (χ4v) is 4.22. The number of benzene rings is 1. The topological polar surface area (TPSA) is 41.6 Å². The third-order valence-corrected chi connectivity index (χ3v) is 5.76. The number of nitrogens with one attached hydrogen (secondary N) is 1. The Morgan fingerprint density at radius 1 is 1.08 bits per heavy atom. The lowest BCUT2D eigenvalue weighted by Crippen LogP contribution is -2.24. The highest BCUT2D eigenvalue weighted by atomic mass is 16.5. The summed E-state index contributed by atoms with van der Waals surface area (Å²) in [4.78, 5) is 14.3. The number of hydrogen-bond donors (Lipinski definition) is 1. The third kappa shape index (κ3) is 3.92. The number of likely N-dealkylation sites (tertiary alicyclic amines) is 1. The van der Waals surface area contributed by atoms with Crippen molar-refractivity contribution < 1.29 is 9.53 Å². The molecule has 0 spiro atoms. The van der Waals surface area contributed by atoms with Gasteiger partial charge in [-0.2, -0.15) is 0 Å². The van der Waals surface area contributed by atoms with E-state index in [1.807, 2.05) is 24.3 Å². The Labute approximate surface area is 144 Å². The van der Waals surface area contributed by atoms with Crippen molar-refractivity contribution in [2.75, 3.05) is 31.6 Å². The van der Waals surface area contributed by atoms with Gasteiger partial charge in [0, 0.05) is 31.2 Å². The molecule has 4 nitrogen and oxygen atoms in total. The van der Waals surface area contributed by atoms with Crippen molar-refractivity contribution in [2.24, 2.45) is 17.8 Å². The Morgan fingerprint density at radius 3 is 2.46 bits per heavy atom. The van der Waals surface area contributed by atoms with Gasteiger partial charge in [-0.3, -0.25) is 4.79 Å². The lowest BCUT2D eigenvalue weighted by atomic mass is 10.0. The van der Waals surface area contributed by atoms with Crippen LogP contribution in [0.2, 0.25) is 0 Å². The van der Waals surface area contributed by atoms with Crippen LogP contribution in [-0.2, 0) is 4.79 Å². The summed E-state index contributed by atoms with van der Waals surface area (Å²) in [6.07, 6.45) is 7.49. The number of hydrogen-bond acceptors (Lipinski definition) is 3. The van der Waals surface area contributed by atoms with Crippen LogP contribution in [0.5, 0.6) is 5.75 Å². The first-order valence-corrected chi connectivity index (χ1v) is 9.54. The Hall–Kier alpha value is -1.55. The van der Waals surface area contributed by atoms with Crippen LogP contribution in [0.4, 0.5) is 5.69 Å². The van der Waals surface area contributed by atoms with Crippen LogP contribution in [0, 0.1) is 17.8 Å². The molecular weight excluding hydrogens is 300 g/mol. The van der Waals surface area contributed by atoms with Crippen LogP contribution < -0.4 is 10.1 Å². The van der Waals surface area contributed by atoms with Crippen molar-refractivity contribution >= 4 is 11.6 Å². The van der Waals surface area contributed by atoms with E-state index in [4.69, 9.17) is 4.74 Å². The van der Waals surface area contributed by atoms with Gasteiger partial charge in [-0.15, -0.1) is 0 Å². The number of nitrogens with zero attached hydrogens (tertiary/aromatic N) is 1. The van der Waals surface area contributed by atoms with E-state index in [1.165, 1.54) is 32.4 Å². The smallest absolute Gasteiger partial charge is 0.227 e. The van der Waals surface area contributed by atoms with Gasteiger partial charge in [0.25, 0.3) is 0 Å². The molecule has 1 saturated heterocycles. The zero-order chi connectivity index (χ0) is 16.4. The molecule has 2 atom stereocenters. The quantitative estimate of drug-likeness (QED) is 0.779. The maximum atomic E-state index is 11.7. The molecule has 0 aromatic heterocycles. The van der Waals surface area contributed by atoms with Gasteiger partial charge in [-0.25, -0.2) is 0 Å². The minimum atomic E-state index is 0.152. The first kappa shape index (κ1) is 15.9. The maximum Gasteiger partial charge on any atom is 0.227 e. The number of ether oxygens (including phenoxy) is 1. The number of carbonyl (C=O) groups is 1. The van der Waals surface area contributed by atoms with E-state index in [9.17, 15) is 4.79 Å². The monoisotopic (exact) mass is 328 g/mol. The highest BCUT2D eigenvalue weighted by Crippen LogP contribution is 2.37. The van der Waals surface area contributed by atoms with E-state index in [-0.39, 0.29) is 11.8 Å². The molecule has 2 saturated carbocycles. The first-order chi connectivity index (χ1) is 11.8.